The highest BCUT2D eigenvalue weighted by Gasteiger charge is 2.20. The smallest absolute Gasteiger partial charge is 0.240 e. The molecule has 1 heterocycles. The van der Waals surface area contributed by atoms with Gasteiger partial charge in [0.05, 0.1) is 19.0 Å². The van der Waals surface area contributed by atoms with Gasteiger partial charge in [-0.25, -0.2) is 0 Å². The van der Waals surface area contributed by atoms with Crippen LogP contribution in [0.5, 0.6) is 0 Å². The van der Waals surface area contributed by atoms with E-state index in [4.69, 9.17) is 11.5 Å². The van der Waals surface area contributed by atoms with Crippen LogP contribution < -0.4 is 11.5 Å². The van der Waals surface area contributed by atoms with Crippen LogP contribution in [-0.2, 0) is 16.1 Å². The molecule has 1 aromatic rings. The van der Waals surface area contributed by atoms with E-state index in [2.05, 4.69) is 15.9 Å². The number of nitrogens with zero attached hydrogens (tertiary/aromatic N) is 1. The minimum atomic E-state index is -0.860. The molecule has 7 heteroatoms. The highest BCUT2D eigenvalue weighted by atomic mass is 79.9. The predicted molar refractivity (Wildman–Crippen MR) is 70.3 cm³/mol. The lowest BCUT2D eigenvalue weighted by molar-refractivity contribution is -0.133. The van der Waals surface area contributed by atoms with E-state index in [-0.39, 0.29) is 12.3 Å². The molecule has 0 saturated carbocycles. The van der Waals surface area contributed by atoms with Gasteiger partial charge in [-0.1, -0.05) is 0 Å². The molecule has 1 atom stereocenters. The second kappa shape index (κ2) is 6.13. The van der Waals surface area contributed by atoms with Gasteiger partial charge in [0.2, 0.25) is 11.8 Å². The molecule has 1 unspecified atom stereocenters. The molecule has 0 fully saturated rings. The van der Waals surface area contributed by atoms with E-state index >= 15 is 0 Å². The molecule has 94 valence electrons. The summed E-state index contributed by atoms with van der Waals surface area (Å²) in [7, 11) is 1.65. The van der Waals surface area contributed by atoms with Gasteiger partial charge in [0, 0.05) is 21.8 Å². The summed E-state index contributed by atoms with van der Waals surface area (Å²) in [6.07, 6.45) is -0.128. The monoisotopic (exact) mass is 319 g/mol. The lowest BCUT2D eigenvalue weighted by Crippen LogP contribution is -2.43. The molecule has 0 radical (unpaired) electrons. The second-order valence-corrected chi connectivity index (χ2v) is 5.61. The van der Waals surface area contributed by atoms with Gasteiger partial charge in [-0.3, -0.25) is 9.59 Å². The molecule has 0 spiro atoms. The predicted octanol–water partition coefficient (Wildman–Crippen LogP) is 0.672. The number of halogens is 1. The lowest BCUT2D eigenvalue weighted by Gasteiger charge is -2.19. The van der Waals surface area contributed by atoms with E-state index in [0.717, 1.165) is 9.35 Å². The first kappa shape index (κ1) is 14.1. The van der Waals surface area contributed by atoms with Gasteiger partial charge in [-0.2, -0.15) is 0 Å². The van der Waals surface area contributed by atoms with Crippen LogP contribution in [0.2, 0.25) is 0 Å². The minimum absolute atomic E-state index is 0.128. The van der Waals surface area contributed by atoms with Crippen LogP contribution in [-0.4, -0.2) is 29.8 Å². The summed E-state index contributed by atoms with van der Waals surface area (Å²) in [6.45, 7) is 0.474. The van der Waals surface area contributed by atoms with Crippen molar-refractivity contribution < 1.29 is 9.59 Å². The topological polar surface area (TPSA) is 89.4 Å². The number of hydrogen-bond acceptors (Lipinski definition) is 4. The maximum absolute atomic E-state index is 11.8. The number of carbonyl (C=O) groups excluding carboxylic acids is 2. The summed E-state index contributed by atoms with van der Waals surface area (Å²) in [5.41, 5.74) is 10.6. The maximum atomic E-state index is 11.8. The Labute approximate surface area is 112 Å². The van der Waals surface area contributed by atoms with Crippen LogP contribution in [0.15, 0.2) is 15.9 Å². The van der Waals surface area contributed by atoms with Crippen molar-refractivity contribution in [1.29, 1.82) is 0 Å². The number of primary amides is 1. The van der Waals surface area contributed by atoms with Crippen LogP contribution in [0, 0.1) is 0 Å². The fourth-order valence-electron chi connectivity index (χ4n) is 1.34. The number of hydrogen-bond donors (Lipinski definition) is 2. The fourth-order valence-corrected chi connectivity index (χ4v) is 2.84. The average Bonchev–Trinajstić information content (AvgIpc) is 2.61. The lowest BCUT2D eigenvalue weighted by atomic mass is 10.2. The van der Waals surface area contributed by atoms with Gasteiger partial charge in [0.1, 0.15) is 0 Å². The van der Waals surface area contributed by atoms with E-state index in [1.165, 1.54) is 4.90 Å². The number of rotatable bonds is 5. The molecule has 0 aliphatic carbocycles. The van der Waals surface area contributed by atoms with Gasteiger partial charge >= 0.3 is 0 Å². The SMILES string of the molecule is CN(Cc1cc(Br)cs1)C(=O)C(N)CC(N)=O. The van der Waals surface area contributed by atoms with Gasteiger partial charge < -0.3 is 16.4 Å². The van der Waals surface area contributed by atoms with E-state index in [9.17, 15) is 9.59 Å². The Kier molecular flexibility index (Phi) is 5.10. The molecule has 17 heavy (non-hydrogen) atoms. The number of nitrogens with two attached hydrogens (primary N) is 2. The van der Waals surface area contributed by atoms with Crippen molar-refractivity contribution in [3.63, 3.8) is 0 Å². The van der Waals surface area contributed by atoms with E-state index in [1.807, 2.05) is 11.4 Å². The summed E-state index contributed by atoms with van der Waals surface area (Å²) in [4.78, 5) is 25.0. The quantitative estimate of drug-likeness (QED) is 0.836. The zero-order valence-corrected chi connectivity index (χ0v) is 11.8. The molecule has 0 aliphatic rings. The Hall–Kier alpha value is -0.920. The Morgan fingerprint density at radius 3 is 2.71 bits per heavy atom. The second-order valence-electron chi connectivity index (χ2n) is 3.70. The first-order valence-electron chi connectivity index (χ1n) is 4.92. The number of amides is 2. The molecule has 1 aromatic heterocycles. The molecule has 4 N–H and O–H groups in total. The van der Waals surface area contributed by atoms with Crippen molar-refractivity contribution in [1.82, 2.24) is 4.90 Å². The summed E-state index contributed by atoms with van der Waals surface area (Å²) in [5.74, 6) is -0.855. The molecular formula is C10H14BrN3O2S. The van der Waals surface area contributed by atoms with E-state index in [1.54, 1.807) is 18.4 Å². The third-order valence-electron chi connectivity index (χ3n) is 2.13. The third kappa shape index (κ3) is 4.45. The first-order valence-corrected chi connectivity index (χ1v) is 6.59. The molecule has 0 saturated heterocycles. The van der Waals surface area contributed by atoms with Crippen molar-refractivity contribution in [2.75, 3.05) is 7.05 Å². The Morgan fingerprint density at radius 1 is 1.59 bits per heavy atom. The molecule has 5 nitrogen and oxygen atoms in total. The summed E-state index contributed by atoms with van der Waals surface area (Å²) < 4.78 is 0.986. The Bertz CT molecular complexity index is 421. The molecule has 1 rings (SSSR count). The van der Waals surface area contributed by atoms with Crippen molar-refractivity contribution in [3.05, 3.63) is 20.8 Å². The highest BCUT2D eigenvalue weighted by Crippen LogP contribution is 2.20. The number of carbonyl (C=O) groups is 2. The molecule has 0 bridgehead atoms. The largest absolute Gasteiger partial charge is 0.370 e. The zero-order chi connectivity index (χ0) is 13.0. The molecule has 0 aromatic carbocycles. The van der Waals surface area contributed by atoms with Crippen LogP contribution in [0.4, 0.5) is 0 Å². The Morgan fingerprint density at radius 2 is 2.24 bits per heavy atom. The average molecular weight is 320 g/mol. The van der Waals surface area contributed by atoms with Crippen molar-refractivity contribution >= 4 is 39.1 Å². The Balaban J connectivity index is 2.55. The van der Waals surface area contributed by atoms with E-state index in [0.29, 0.717) is 6.54 Å². The highest BCUT2D eigenvalue weighted by molar-refractivity contribution is 9.10. The normalized spacial score (nSPS) is 12.2. The fraction of sp³-hybridized carbons (Fsp3) is 0.400. The maximum Gasteiger partial charge on any atom is 0.240 e. The van der Waals surface area contributed by atoms with Crippen molar-refractivity contribution in [2.24, 2.45) is 11.5 Å². The standard InChI is InChI=1S/C10H14BrN3O2S/c1-14(4-7-2-6(11)5-17-7)10(16)8(12)3-9(13)15/h2,5,8H,3-4,12H2,1H3,(H2,13,15). The van der Waals surface area contributed by atoms with Crippen molar-refractivity contribution in [3.8, 4) is 0 Å². The summed E-state index contributed by atoms with van der Waals surface area (Å²) in [5, 5.41) is 1.94. The van der Waals surface area contributed by atoms with E-state index < -0.39 is 11.9 Å². The van der Waals surface area contributed by atoms with Crippen LogP contribution in [0.25, 0.3) is 0 Å². The molecule has 0 aliphatic heterocycles. The van der Waals surface area contributed by atoms with Gasteiger partial charge in [-0.15, -0.1) is 11.3 Å². The van der Waals surface area contributed by atoms with Gasteiger partial charge in [0.15, 0.2) is 0 Å². The van der Waals surface area contributed by atoms with Crippen LogP contribution >= 0.6 is 27.3 Å². The molecule has 2 amide bonds. The third-order valence-corrected chi connectivity index (χ3v) is 3.81. The van der Waals surface area contributed by atoms with Crippen LogP contribution in [0.1, 0.15) is 11.3 Å². The van der Waals surface area contributed by atoms with Crippen molar-refractivity contribution in [2.45, 2.75) is 19.0 Å². The first-order chi connectivity index (χ1) is 7.90. The molecular weight excluding hydrogens is 306 g/mol. The number of thiophene rings is 1. The zero-order valence-electron chi connectivity index (χ0n) is 9.35. The summed E-state index contributed by atoms with van der Waals surface area (Å²) >= 11 is 4.89. The van der Waals surface area contributed by atoms with Crippen LogP contribution in [0.3, 0.4) is 0 Å². The van der Waals surface area contributed by atoms with Gasteiger partial charge in [-0.05, 0) is 22.0 Å². The van der Waals surface area contributed by atoms with Gasteiger partial charge in [0.25, 0.3) is 0 Å². The number of likely N-dealkylation sites (N-methyl/N-ethyl adjacent to an activating group) is 1. The summed E-state index contributed by atoms with van der Waals surface area (Å²) in [6, 6.07) is 1.08. The minimum Gasteiger partial charge on any atom is -0.370 e.